The topological polar surface area (TPSA) is 89.9 Å². The first-order valence-electron chi connectivity index (χ1n) is 7.87. The maximum absolute atomic E-state index is 12.4. The predicted molar refractivity (Wildman–Crippen MR) is 109 cm³/mol. The molecule has 10 heteroatoms. The molecule has 1 aromatic heterocycles. The van der Waals surface area contributed by atoms with Gasteiger partial charge in [0, 0.05) is 5.69 Å². The number of carbonyl (C=O) groups is 2. The number of benzene rings is 1. The molecule has 2 amide bonds. The summed E-state index contributed by atoms with van der Waals surface area (Å²) in [6.07, 6.45) is 1.31. The van der Waals surface area contributed by atoms with Crippen LogP contribution in [0.25, 0.3) is 0 Å². The molecule has 1 heterocycles. The highest BCUT2D eigenvalue weighted by Crippen LogP contribution is 2.27. The molecule has 0 fully saturated rings. The molecule has 0 aliphatic carbocycles. The Morgan fingerprint density at radius 2 is 2.04 bits per heavy atom. The molecule has 1 atom stereocenters. The third-order valence-electron chi connectivity index (χ3n) is 3.70. The van der Waals surface area contributed by atoms with E-state index in [0.29, 0.717) is 10.7 Å². The van der Waals surface area contributed by atoms with Gasteiger partial charge in [0.25, 0.3) is 5.91 Å². The maximum atomic E-state index is 12.4. The zero-order valence-corrected chi connectivity index (χ0v) is 16.5. The summed E-state index contributed by atoms with van der Waals surface area (Å²) in [5.74, 6) is -1.99. The molecule has 6 nitrogen and oxygen atoms in total. The fourth-order valence-corrected chi connectivity index (χ4v) is 3.32. The lowest BCUT2D eigenvalue weighted by Gasteiger charge is -2.23. The SMILES string of the molecule is C=CC(=O)N(CC(=O)NC(Cc1ccsc1)B(O)O)c1ccc(Cl)c(Cl)c1. The number of hydrogen-bond donors (Lipinski definition) is 3. The molecule has 0 saturated heterocycles. The van der Waals surface area contributed by atoms with Crippen LogP contribution in [0.3, 0.4) is 0 Å². The summed E-state index contributed by atoms with van der Waals surface area (Å²) >= 11 is 13.3. The van der Waals surface area contributed by atoms with Crippen LogP contribution in [0.2, 0.25) is 10.0 Å². The lowest BCUT2D eigenvalue weighted by molar-refractivity contribution is -0.122. The minimum absolute atomic E-state index is 0.234. The van der Waals surface area contributed by atoms with Crippen LogP contribution in [0.4, 0.5) is 5.69 Å². The van der Waals surface area contributed by atoms with Crippen LogP contribution in [0, 0.1) is 0 Å². The Labute approximate surface area is 171 Å². The second-order valence-electron chi connectivity index (χ2n) is 5.65. The number of halogens is 2. The normalized spacial score (nSPS) is 11.6. The van der Waals surface area contributed by atoms with Crippen LogP contribution >= 0.6 is 34.5 Å². The Kier molecular flexibility index (Phi) is 7.88. The number of hydrogen-bond acceptors (Lipinski definition) is 5. The first-order valence-corrected chi connectivity index (χ1v) is 9.57. The van der Waals surface area contributed by atoms with Crippen LogP contribution in [-0.2, 0) is 16.0 Å². The first-order chi connectivity index (χ1) is 12.8. The van der Waals surface area contributed by atoms with E-state index in [1.54, 1.807) is 6.07 Å². The monoisotopic (exact) mass is 426 g/mol. The summed E-state index contributed by atoms with van der Waals surface area (Å²) in [5, 5.41) is 25.9. The molecule has 0 spiro atoms. The van der Waals surface area contributed by atoms with E-state index in [1.807, 2.05) is 16.8 Å². The van der Waals surface area contributed by atoms with E-state index >= 15 is 0 Å². The minimum atomic E-state index is -1.75. The summed E-state index contributed by atoms with van der Waals surface area (Å²) < 4.78 is 0. The molecule has 1 unspecified atom stereocenters. The van der Waals surface area contributed by atoms with E-state index in [1.165, 1.54) is 23.5 Å². The van der Waals surface area contributed by atoms with Crippen molar-refractivity contribution in [3.8, 4) is 0 Å². The van der Waals surface area contributed by atoms with Crippen molar-refractivity contribution in [1.82, 2.24) is 5.32 Å². The zero-order chi connectivity index (χ0) is 20.0. The molecule has 142 valence electrons. The van der Waals surface area contributed by atoms with Crippen LogP contribution in [0.5, 0.6) is 0 Å². The number of nitrogens with one attached hydrogen (secondary N) is 1. The van der Waals surface area contributed by atoms with Crippen molar-refractivity contribution in [2.75, 3.05) is 11.4 Å². The standard InChI is InChI=1S/C17H17BCl2N2O4S/c1-2-17(24)22(12-3-4-13(19)14(20)8-12)9-16(23)21-15(18(25)26)7-11-5-6-27-10-11/h2-6,8,10,15,25-26H,1,7,9H2,(H,21,23). The van der Waals surface area contributed by atoms with Gasteiger partial charge in [-0.15, -0.1) is 0 Å². The molecule has 27 heavy (non-hydrogen) atoms. The molecule has 0 saturated carbocycles. The van der Waals surface area contributed by atoms with Gasteiger partial charge in [0.05, 0.1) is 16.0 Å². The predicted octanol–water partition coefficient (Wildman–Crippen LogP) is 2.31. The van der Waals surface area contributed by atoms with Gasteiger partial charge >= 0.3 is 7.12 Å². The Balaban J connectivity index is 2.13. The fraction of sp³-hybridized carbons (Fsp3) is 0.176. The second kappa shape index (κ2) is 9.91. The average molecular weight is 427 g/mol. The molecule has 0 radical (unpaired) electrons. The van der Waals surface area contributed by atoms with Gasteiger partial charge in [-0.05, 0) is 53.1 Å². The fourth-order valence-electron chi connectivity index (χ4n) is 2.35. The minimum Gasteiger partial charge on any atom is -0.426 e. The van der Waals surface area contributed by atoms with Gasteiger partial charge in [-0.3, -0.25) is 14.5 Å². The van der Waals surface area contributed by atoms with Crippen molar-refractivity contribution in [2.24, 2.45) is 0 Å². The van der Waals surface area contributed by atoms with E-state index in [4.69, 9.17) is 23.2 Å². The first kappa shape index (κ1) is 21.5. The molecule has 2 rings (SSSR count). The number of anilines is 1. The smallest absolute Gasteiger partial charge is 0.426 e. The third kappa shape index (κ3) is 6.09. The lowest BCUT2D eigenvalue weighted by atomic mass is 9.76. The number of nitrogens with zero attached hydrogens (tertiary/aromatic N) is 1. The van der Waals surface area contributed by atoms with Gasteiger partial charge in [0.2, 0.25) is 5.91 Å². The van der Waals surface area contributed by atoms with Crippen LogP contribution in [0.15, 0.2) is 47.7 Å². The van der Waals surface area contributed by atoms with Gasteiger partial charge in [0.15, 0.2) is 0 Å². The van der Waals surface area contributed by atoms with Crippen molar-refractivity contribution < 1.29 is 19.6 Å². The Morgan fingerprint density at radius 3 is 2.59 bits per heavy atom. The Morgan fingerprint density at radius 1 is 1.30 bits per heavy atom. The van der Waals surface area contributed by atoms with E-state index in [9.17, 15) is 19.6 Å². The summed E-state index contributed by atoms with van der Waals surface area (Å²) in [4.78, 5) is 25.8. The van der Waals surface area contributed by atoms with Crippen LogP contribution in [0.1, 0.15) is 5.56 Å². The highest BCUT2D eigenvalue weighted by atomic mass is 35.5. The summed E-state index contributed by atoms with van der Waals surface area (Å²) in [7, 11) is -1.75. The molecular weight excluding hydrogens is 410 g/mol. The van der Waals surface area contributed by atoms with Crippen molar-refractivity contribution >= 4 is 59.2 Å². The van der Waals surface area contributed by atoms with Crippen molar-refractivity contribution in [2.45, 2.75) is 12.4 Å². The maximum Gasteiger partial charge on any atom is 0.475 e. The summed E-state index contributed by atoms with van der Waals surface area (Å²) in [6, 6.07) is 6.35. The molecule has 0 aliphatic heterocycles. The molecule has 0 bridgehead atoms. The van der Waals surface area contributed by atoms with Gasteiger partial charge in [-0.25, -0.2) is 0 Å². The largest absolute Gasteiger partial charge is 0.475 e. The highest BCUT2D eigenvalue weighted by Gasteiger charge is 2.27. The molecular formula is C17H17BCl2N2O4S. The van der Waals surface area contributed by atoms with E-state index < -0.39 is 24.9 Å². The van der Waals surface area contributed by atoms with Crippen LogP contribution < -0.4 is 10.2 Å². The number of carbonyl (C=O) groups excluding carboxylic acids is 2. The van der Waals surface area contributed by atoms with Gasteiger partial charge < -0.3 is 15.4 Å². The number of amides is 2. The summed E-state index contributed by atoms with van der Waals surface area (Å²) in [5.41, 5.74) is 1.23. The third-order valence-corrected chi connectivity index (χ3v) is 5.17. The van der Waals surface area contributed by atoms with Gasteiger partial charge in [0.1, 0.15) is 6.54 Å². The lowest BCUT2D eigenvalue weighted by Crippen LogP contribution is -2.51. The van der Waals surface area contributed by atoms with Gasteiger partial charge in [-0.2, -0.15) is 11.3 Å². The van der Waals surface area contributed by atoms with Gasteiger partial charge in [-0.1, -0.05) is 29.8 Å². The van der Waals surface area contributed by atoms with E-state index in [2.05, 4.69) is 11.9 Å². The molecule has 1 aromatic carbocycles. The quantitative estimate of drug-likeness (QED) is 0.446. The molecule has 2 aromatic rings. The number of thiophene rings is 1. The highest BCUT2D eigenvalue weighted by molar-refractivity contribution is 7.07. The Bertz CT molecular complexity index is 817. The average Bonchev–Trinajstić information content (AvgIpc) is 3.14. The number of rotatable bonds is 8. The van der Waals surface area contributed by atoms with E-state index in [0.717, 1.165) is 16.5 Å². The van der Waals surface area contributed by atoms with Crippen molar-refractivity contribution in [1.29, 1.82) is 0 Å². The summed E-state index contributed by atoms with van der Waals surface area (Å²) in [6.45, 7) is 3.08. The molecule has 3 N–H and O–H groups in total. The molecule has 0 aliphatic rings. The van der Waals surface area contributed by atoms with E-state index in [-0.39, 0.29) is 18.0 Å². The van der Waals surface area contributed by atoms with Crippen molar-refractivity contribution in [3.63, 3.8) is 0 Å². The second-order valence-corrected chi connectivity index (χ2v) is 7.24. The van der Waals surface area contributed by atoms with Crippen LogP contribution in [-0.4, -0.2) is 41.5 Å². The zero-order valence-electron chi connectivity index (χ0n) is 14.1. The Hall–Kier alpha value is -1.84. The van der Waals surface area contributed by atoms with Crippen molar-refractivity contribution in [3.05, 3.63) is 63.3 Å².